The van der Waals surface area contributed by atoms with Crippen molar-refractivity contribution in [3.63, 3.8) is 0 Å². The molecule has 5 heteroatoms. The van der Waals surface area contributed by atoms with Gasteiger partial charge in [0.2, 0.25) is 5.91 Å². The molecule has 0 spiro atoms. The number of hydrogen-bond acceptors (Lipinski definition) is 4. The summed E-state index contributed by atoms with van der Waals surface area (Å²) < 4.78 is 5.78. The number of hydrogen-bond donors (Lipinski definition) is 1. The molecule has 0 bridgehead atoms. The third-order valence-electron chi connectivity index (χ3n) is 4.18. The molecule has 0 saturated carbocycles. The number of carbonyl (C=O) groups is 1. The molecule has 0 unspecified atom stereocenters. The standard InChI is InChI=1S/C18H29N3O2/c1-12(2)17(21-10-14(4)23-15(5)11-21)18(22)20-9-16-7-6-13(3)19-8-16/h6-8,12,14-15,17H,9-11H2,1-5H3,(H,20,22)/t14-,15-,17+/m1/s1. The predicted molar refractivity (Wildman–Crippen MR) is 91.0 cm³/mol. The molecule has 3 atom stereocenters. The van der Waals surface area contributed by atoms with Crippen LogP contribution in [0.1, 0.15) is 39.0 Å². The number of pyridine rings is 1. The van der Waals surface area contributed by atoms with Crippen LogP contribution in [0.5, 0.6) is 0 Å². The van der Waals surface area contributed by atoms with Crippen molar-refractivity contribution in [2.45, 2.75) is 59.4 Å². The monoisotopic (exact) mass is 319 g/mol. The van der Waals surface area contributed by atoms with Crippen LogP contribution in [-0.4, -0.2) is 47.1 Å². The number of rotatable bonds is 5. The van der Waals surface area contributed by atoms with Crippen molar-refractivity contribution >= 4 is 5.91 Å². The Bertz CT molecular complexity index is 506. The molecule has 1 aliphatic rings. The summed E-state index contributed by atoms with van der Waals surface area (Å²) in [7, 11) is 0. The molecule has 23 heavy (non-hydrogen) atoms. The highest BCUT2D eigenvalue weighted by Crippen LogP contribution is 2.18. The van der Waals surface area contributed by atoms with E-state index < -0.39 is 0 Å². The van der Waals surface area contributed by atoms with Crippen molar-refractivity contribution in [3.05, 3.63) is 29.6 Å². The van der Waals surface area contributed by atoms with Crippen LogP contribution in [0.3, 0.4) is 0 Å². The molecule has 1 N–H and O–H groups in total. The molecule has 1 aromatic heterocycles. The molecule has 0 aliphatic carbocycles. The molecule has 0 radical (unpaired) electrons. The van der Waals surface area contributed by atoms with Gasteiger partial charge in [-0.3, -0.25) is 14.7 Å². The van der Waals surface area contributed by atoms with Crippen LogP contribution in [-0.2, 0) is 16.1 Å². The van der Waals surface area contributed by atoms with Crippen molar-refractivity contribution in [2.24, 2.45) is 5.92 Å². The molecule has 1 saturated heterocycles. The third-order valence-corrected chi connectivity index (χ3v) is 4.18. The SMILES string of the molecule is Cc1ccc(CNC(=O)[C@H](C(C)C)N2C[C@@H](C)O[C@H](C)C2)cn1. The number of aromatic nitrogens is 1. The minimum Gasteiger partial charge on any atom is -0.373 e. The summed E-state index contributed by atoms with van der Waals surface area (Å²) in [5, 5.41) is 3.07. The van der Waals surface area contributed by atoms with Gasteiger partial charge in [0.1, 0.15) is 0 Å². The molecule has 1 amide bonds. The largest absolute Gasteiger partial charge is 0.373 e. The molecule has 2 rings (SSSR count). The first-order valence-electron chi connectivity index (χ1n) is 8.45. The fourth-order valence-electron chi connectivity index (χ4n) is 3.23. The zero-order chi connectivity index (χ0) is 17.0. The van der Waals surface area contributed by atoms with Gasteiger partial charge in [-0.2, -0.15) is 0 Å². The minimum absolute atomic E-state index is 0.0851. The Balaban J connectivity index is 1.99. The number of amides is 1. The van der Waals surface area contributed by atoms with Crippen molar-refractivity contribution in [1.29, 1.82) is 0 Å². The summed E-state index contributed by atoms with van der Waals surface area (Å²) in [5.41, 5.74) is 2.01. The first-order chi connectivity index (χ1) is 10.9. The van der Waals surface area contributed by atoms with Crippen LogP contribution < -0.4 is 5.32 Å². The van der Waals surface area contributed by atoms with Crippen LogP contribution in [0.25, 0.3) is 0 Å². The predicted octanol–water partition coefficient (Wildman–Crippen LogP) is 2.14. The number of nitrogens with zero attached hydrogens (tertiary/aromatic N) is 2. The van der Waals surface area contributed by atoms with Gasteiger partial charge in [0.15, 0.2) is 0 Å². The van der Waals surface area contributed by atoms with E-state index in [-0.39, 0.29) is 30.1 Å². The summed E-state index contributed by atoms with van der Waals surface area (Å²) in [6.45, 7) is 12.4. The highest BCUT2D eigenvalue weighted by atomic mass is 16.5. The van der Waals surface area contributed by atoms with Crippen molar-refractivity contribution < 1.29 is 9.53 Å². The van der Waals surface area contributed by atoms with Gasteiger partial charge in [-0.05, 0) is 38.3 Å². The van der Waals surface area contributed by atoms with Gasteiger partial charge in [0.05, 0.1) is 18.2 Å². The van der Waals surface area contributed by atoms with Crippen molar-refractivity contribution in [3.8, 4) is 0 Å². The maximum Gasteiger partial charge on any atom is 0.237 e. The second-order valence-electron chi connectivity index (χ2n) is 6.93. The number of morpholine rings is 1. The number of aryl methyl sites for hydroxylation is 1. The molecule has 128 valence electrons. The lowest BCUT2D eigenvalue weighted by molar-refractivity contribution is -0.135. The maximum atomic E-state index is 12.7. The van der Waals surface area contributed by atoms with Crippen LogP contribution in [0.15, 0.2) is 18.3 Å². The highest BCUT2D eigenvalue weighted by Gasteiger charge is 2.33. The third kappa shape index (κ3) is 5.01. The lowest BCUT2D eigenvalue weighted by Gasteiger charge is -2.41. The second kappa shape index (κ2) is 7.88. The van der Waals surface area contributed by atoms with Gasteiger partial charge >= 0.3 is 0 Å². The van der Waals surface area contributed by atoms with Crippen molar-refractivity contribution in [1.82, 2.24) is 15.2 Å². The van der Waals surface area contributed by atoms with E-state index in [0.717, 1.165) is 24.3 Å². The minimum atomic E-state index is -0.123. The van der Waals surface area contributed by atoms with Gasteiger partial charge in [0.25, 0.3) is 0 Å². The lowest BCUT2D eigenvalue weighted by Crippen LogP contribution is -2.56. The molecule has 1 fully saturated rings. The van der Waals surface area contributed by atoms with Gasteiger partial charge in [-0.15, -0.1) is 0 Å². The summed E-state index contributed by atoms with van der Waals surface area (Å²) in [4.78, 5) is 19.2. The fraction of sp³-hybridized carbons (Fsp3) is 0.667. The van der Waals surface area contributed by atoms with Gasteiger partial charge in [-0.25, -0.2) is 0 Å². The van der Waals surface area contributed by atoms with E-state index in [0.29, 0.717) is 6.54 Å². The van der Waals surface area contributed by atoms with Gasteiger partial charge in [0, 0.05) is 31.5 Å². The zero-order valence-electron chi connectivity index (χ0n) is 14.9. The van der Waals surface area contributed by atoms with E-state index in [9.17, 15) is 4.79 Å². The Labute approximate surface area is 139 Å². The van der Waals surface area contributed by atoms with E-state index in [1.165, 1.54) is 0 Å². The van der Waals surface area contributed by atoms with Crippen molar-refractivity contribution in [2.75, 3.05) is 13.1 Å². The van der Waals surface area contributed by atoms with Crippen LogP contribution in [0.4, 0.5) is 0 Å². The lowest BCUT2D eigenvalue weighted by atomic mass is 9.99. The molecule has 2 heterocycles. The number of nitrogens with one attached hydrogen (secondary N) is 1. The Morgan fingerprint density at radius 3 is 2.52 bits per heavy atom. The molecule has 5 nitrogen and oxygen atoms in total. The second-order valence-corrected chi connectivity index (χ2v) is 6.93. The van der Waals surface area contributed by atoms with Gasteiger partial charge in [-0.1, -0.05) is 19.9 Å². The fourth-order valence-corrected chi connectivity index (χ4v) is 3.23. The quantitative estimate of drug-likeness (QED) is 0.903. The number of ether oxygens (including phenoxy) is 1. The normalized spacial score (nSPS) is 23.7. The molecular weight excluding hydrogens is 290 g/mol. The molecule has 1 aliphatic heterocycles. The summed E-state index contributed by atoms with van der Waals surface area (Å²) >= 11 is 0. The Kier molecular flexibility index (Phi) is 6.13. The van der Waals surface area contributed by atoms with Crippen LogP contribution >= 0.6 is 0 Å². The number of carbonyl (C=O) groups excluding carboxylic acids is 1. The van der Waals surface area contributed by atoms with Crippen LogP contribution in [0.2, 0.25) is 0 Å². The maximum absolute atomic E-state index is 12.7. The summed E-state index contributed by atoms with van der Waals surface area (Å²) in [6, 6.07) is 3.85. The molecule has 0 aromatic carbocycles. The van der Waals surface area contributed by atoms with Gasteiger partial charge < -0.3 is 10.1 Å². The Morgan fingerprint density at radius 2 is 2.00 bits per heavy atom. The average Bonchev–Trinajstić information content (AvgIpc) is 2.45. The molecular formula is C18H29N3O2. The van der Waals surface area contributed by atoms with E-state index in [4.69, 9.17) is 4.74 Å². The van der Waals surface area contributed by atoms with E-state index in [1.54, 1.807) is 0 Å². The summed E-state index contributed by atoms with van der Waals surface area (Å²) in [5.74, 6) is 0.338. The zero-order valence-corrected chi connectivity index (χ0v) is 14.9. The molecule has 1 aromatic rings. The smallest absolute Gasteiger partial charge is 0.237 e. The van der Waals surface area contributed by atoms with Crippen LogP contribution in [0, 0.1) is 12.8 Å². The summed E-state index contributed by atoms with van der Waals surface area (Å²) in [6.07, 6.45) is 2.14. The topological polar surface area (TPSA) is 54.5 Å². The Morgan fingerprint density at radius 1 is 1.35 bits per heavy atom. The Hall–Kier alpha value is -1.46. The average molecular weight is 319 g/mol. The van der Waals surface area contributed by atoms with E-state index in [2.05, 4.69) is 42.9 Å². The van der Waals surface area contributed by atoms with E-state index >= 15 is 0 Å². The first-order valence-corrected chi connectivity index (χ1v) is 8.45. The first kappa shape index (κ1) is 17.9. The highest BCUT2D eigenvalue weighted by molar-refractivity contribution is 5.82. The van der Waals surface area contributed by atoms with E-state index in [1.807, 2.05) is 25.3 Å².